The zero-order valence-electron chi connectivity index (χ0n) is 17.1. The number of benzene rings is 2. The van der Waals surface area contributed by atoms with E-state index < -0.39 is 51.7 Å². The molecule has 0 spiro atoms. The number of alkyl halides is 3. The largest absolute Gasteiger partial charge is 0.406 e. The van der Waals surface area contributed by atoms with E-state index in [-0.39, 0.29) is 10.6 Å². The lowest BCUT2D eigenvalue weighted by molar-refractivity contribution is -0.161. The van der Waals surface area contributed by atoms with Gasteiger partial charge in [-0.1, -0.05) is 48.5 Å². The molecule has 0 aliphatic carbocycles. The van der Waals surface area contributed by atoms with E-state index in [9.17, 15) is 31.2 Å². The van der Waals surface area contributed by atoms with Crippen LogP contribution in [0.5, 0.6) is 0 Å². The summed E-state index contributed by atoms with van der Waals surface area (Å²) in [5.41, 5.74) is 1.87. The second kappa shape index (κ2) is 8.19. The molecule has 0 aromatic heterocycles. The Kier molecular flexibility index (Phi) is 5.66. The number of hydrazine groups is 1. The molecule has 3 N–H and O–H groups in total. The number of carbonyl (C=O) groups excluding carboxylic acids is 2. The second-order valence-electron chi connectivity index (χ2n) is 7.60. The van der Waals surface area contributed by atoms with Gasteiger partial charge in [0.15, 0.2) is 0 Å². The number of hydrogen-bond acceptors (Lipinski definition) is 6. The molecule has 1 fully saturated rings. The number of amides is 2. The predicted octanol–water partition coefficient (Wildman–Crippen LogP) is 1.76. The van der Waals surface area contributed by atoms with Gasteiger partial charge in [0, 0.05) is 5.70 Å². The molecule has 33 heavy (non-hydrogen) atoms. The molecule has 4 rings (SSSR count). The van der Waals surface area contributed by atoms with Gasteiger partial charge in [0.2, 0.25) is 0 Å². The van der Waals surface area contributed by atoms with Crippen molar-refractivity contribution in [1.82, 2.24) is 20.5 Å². The minimum absolute atomic E-state index is 0.0347. The summed E-state index contributed by atoms with van der Waals surface area (Å²) < 4.78 is 68.2. The van der Waals surface area contributed by atoms with E-state index in [0.717, 1.165) is 0 Å². The fourth-order valence-corrected chi connectivity index (χ4v) is 4.97. The van der Waals surface area contributed by atoms with Gasteiger partial charge in [0.25, 0.3) is 21.8 Å². The van der Waals surface area contributed by atoms with Crippen molar-refractivity contribution in [3.63, 3.8) is 0 Å². The Morgan fingerprint density at radius 1 is 1.03 bits per heavy atom. The van der Waals surface area contributed by atoms with Crippen LogP contribution in [0.1, 0.15) is 18.4 Å². The summed E-state index contributed by atoms with van der Waals surface area (Å²) >= 11 is 0. The van der Waals surface area contributed by atoms with Crippen molar-refractivity contribution in [3.05, 3.63) is 77.5 Å². The van der Waals surface area contributed by atoms with Crippen molar-refractivity contribution in [2.24, 2.45) is 0 Å². The minimum Gasteiger partial charge on any atom is -0.366 e. The first kappa shape index (κ1) is 22.8. The number of nitrogens with one attached hydrogen (secondary N) is 3. The Bertz CT molecular complexity index is 1220. The number of rotatable bonds is 4. The van der Waals surface area contributed by atoms with Crippen molar-refractivity contribution in [1.29, 1.82) is 0 Å². The SMILES string of the molecule is CC1=C(C(=O)NS(=O)(=O)c2ccccc2)C(=O)N2NC(C(F)(F)F)C(c3ccccc3)C2N1. The molecule has 8 nitrogen and oxygen atoms in total. The second-order valence-corrected chi connectivity index (χ2v) is 9.28. The van der Waals surface area contributed by atoms with E-state index >= 15 is 0 Å². The summed E-state index contributed by atoms with van der Waals surface area (Å²) in [5.74, 6) is -3.52. The maximum absolute atomic E-state index is 13.8. The summed E-state index contributed by atoms with van der Waals surface area (Å²) in [5, 5.41) is 3.48. The van der Waals surface area contributed by atoms with Crippen LogP contribution < -0.4 is 15.5 Å². The van der Waals surface area contributed by atoms with Gasteiger partial charge < -0.3 is 5.32 Å². The molecule has 12 heteroatoms. The molecule has 0 radical (unpaired) electrons. The summed E-state index contributed by atoms with van der Waals surface area (Å²) in [7, 11) is -4.30. The number of fused-ring (bicyclic) bond motifs is 1. The van der Waals surface area contributed by atoms with Gasteiger partial charge >= 0.3 is 6.18 Å². The lowest BCUT2D eigenvalue weighted by Crippen LogP contribution is -2.57. The van der Waals surface area contributed by atoms with Crippen LogP contribution in [0.2, 0.25) is 0 Å². The van der Waals surface area contributed by atoms with Gasteiger partial charge in [0.1, 0.15) is 17.8 Å². The maximum Gasteiger partial charge on any atom is 0.406 e. The monoisotopic (exact) mass is 480 g/mol. The highest BCUT2D eigenvalue weighted by atomic mass is 32.2. The normalized spacial score (nSPS) is 23.2. The molecule has 2 heterocycles. The number of carbonyl (C=O) groups is 2. The summed E-state index contributed by atoms with van der Waals surface area (Å²) in [6, 6.07) is 12.8. The molecule has 3 unspecified atom stereocenters. The van der Waals surface area contributed by atoms with Crippen molar-refractivity contribution in [2.75, 3.05) is 0 Å². The molecule has 1 saturated heterocycles. The molecule has 2 aromatic carbocycles. The van der Waals surface area contributed by atoms with Crippen LogP contribution in [-0.2, 0) is 19.6 Å². The third-order valence-corrected chi connectivity index (χ3v) is 6.82. The average Bonchev–Trinajstić information content (AvgIpc) is 3.15. The van der Waals surface area contributed by atoms with E-state index in [1.54, 1.807) is 29.0 Å². The van der Waals surface area contributed by atoms with Crippen LogP contribution in [0, 0.1) is 0 Å². The third kappa shape index (κ3) is 4.18. The number of hydrogen-bond donors (Lipinski definition) is 3. The van der Waals surface area contributed by atoms with Crippen LogP contribution >= 0.6 is 0 Å². The molecule has 2 amide bonds. The molecular formula is C21H19F3N4O4S. The van der Waals surface area contributed by atoms with Gasteiger partial charge in [0.05, 0.1) is 10.8 Å². The standard InChI is InChI=1S/C21H19F3N4O4S/c1-12-15(19(29)27-33(31,32)14-10-6-3-7-11-14)20(30)28-18(25-12)16(13-8-4-2-5-9-13)17(26-28)21(22,23)24/h2-11,16-18,25-26H,1H3,(H,27,29). The highest BCUT2D eigenvalue weighted by molar-refractivity contribution is 7.90. The quantitative estimate of drug-likeness (QED) is 0.576. The van der Waals surface area contributed by atoms with E-state index in [1.165, 1.54) is 43.3 Å². The van der Waals surface area contributed by atoms with Crippen molar-refractivity contribution < 1.29 is 31.2 Å². The Balaban J connectivity index is 1.66. The maximum atomic E-state index is 13.8. The van der Waals surface area contributed by atoms with Gasteiger partial charge in [-0.3, -0.25) is 9.59 Å². The third-order valence-electron chi connectivity index (χ3n) is 5.47. The van der Waals surface area contributed by atoms with E-state index in [0.29, 0.717) is 10.6 Å². The summed E-state index contributed by atoms with van der Waals surface area (Å²) in [6.07, 6.45) is -5.85. The van der Waals surface area contributed by atoms with Crippen LogP contribution in [0.25, 0.3) is 0 Å². The van der Waals surface area contributed by atoms with Crippen LogP contribution in [0.3, 0.4) is 0 Å². The fraction of sp³-hybridized carbons (Fsp3) is 0.238. The van der Waals surface area contributed by atoms with Gasteiger partial charge in [-0.2, -0.15) is 13.2 Å². The van der Waals surface area contributed by atoms with Crippen LogP contribution in [0.15, 0.2) is 76.8 Å². The minimum atomic E-state index is -4.70. The lowest BCUT2D eigenvalue weighted by Gasteiger charge is -2.34. The molecule has 2 aromatic rings. The zero-order chi connectivity index (χ0) is 24.0. The molecule has 2 aliphatic heterocycles. The van der Waals surface area contributed by atoms with Crippen molar-refractivity contribution >= 4 is 21.8 Å². The van der Waals surface area contributed by atoms with Crippen molar-refractivity contribution in [3.8, 4) is 0 Å². The Morgan fingerprint density at radius 2 is 1.61 bits per heavy atom. The van der Waals surface area contributed by atoms with Gasteiger partial charge in [-0.25, -0.2) is 23.6 Å². The topological polar surface area (TPSA) is 108 Å². The van der Waals surface area contributed by atoms with Gasteiger partial charge in [-0.05, 0) is 24.6 Å². The molecule has 3 atom stereocenters. The molecule has 174 valence electrons. The number of nitrogens with zero attached hydrogens (tertiary/aromatic N) is 1. The fourth-order valence-electron chi connectivity index (χ4n) is 3.99. The predicted molar refractivity (Wildman–Crippen MR) is 110 cm³/mol. The highest BCUT2D eigenvalue weighted by Gasteiger charge is 2.58. The molecular weight excluding hydrogens is 461 g/mol. The molecule has 0 bridgehead atoms. The molecule has 0 saturated carbocycles. The Hall–Kier alpha value is -3.38. The number of halogens is 3. The van der Waals surface area contributed by atoms with E-state index in [1.807, 2.05) is 0 Å². The lowest BCUT2D eigenvalue weighted by atomic mass is 9.89. The summed E-state index contributed by atoms with van der Waals surface area (Å²) in [6.45, 7) is 1.34. The van der Waals surface area contributed by atoms with Crippen molar-refractivity contribution in [2.45, 2.75) is 36.1 Å². The smallest absolute Gasteiger partial charge is 0.366 e. The number of allylic oxidation sites excluding steroid dienone is 1. The Morgan fingerprint density at radius 3 is 2.18 bits per heavy atom. The van der Waals surface area contributed by atoms with Gasteiger partial charge in [-0.15, -0.1) is 0 Å². The average molecular weight is 480 g/mol. The first-order valence-corrected chi connectivity index (χ1v) is 11.3. The number of sulfonamides is 1. The first-order valence-electron chi connectivity index (χ1n) is 9.81. The Labute approximate surface area is 187 Å². The zero-order valence-corrected chi connectivity index (χ0v) is 17.9. The van der Waals surface area contributed by atoms with E-state index in [4.69, 9.17) is 0 Å². The molecule has 2 aliphatic rings. The van der Waals surface area contributed by atoms with Crippen LogP contribution in [-0.4, -0.2) is 43.6 Å². The highest BCUT2D eigenvalue weighted by Crippen LogP contribution is 2.41. The van der Waals surface area contributed by atoms with Crippen LogP contribution in [0.4, 0.5) is 13.2 Å². The van der Waals surface area contributed by atoms with E-state index in [2.05, 4.69) is 10.7 Å². The summed E-state index contributed by atoms with van der Waals surface area (Å²) in [4.78, 5) is 25.6. The first-order chi connectivity index (χ1) is 15.5.